The van der Waals surface area contributed by atoms with Crippen LogP contribution in [0.5, 0.6) is 0 Å². The number of hydrogen-bond donors (Lipinski definition) is 3. The number of hydrogen-bond acceptors (Lipinski definition) is 5. The normalized spacial score (nSPS) is 11.2. The predicted molar refractivity (Wildman–Crippen MR) is 71.6 cm³/mol. The molecule has 0 saturated heterocycles. The van der Waals surface area contributed by atoms with Gasteiger partial charge in [0.25, 0.3) is 0 Å². The molecular weight excluding hydrogens is 274 g/mol. The topological polar surface area (TPSA) is 115 Å². The van der Waals surface area contributed by atoms with Crippen LogP contribution in [0.15, 0.2) is 28.0 Å². The lowest BCUT2D eigenvalue weighted by molar-refractivity contribution is -0.118. The average molecular weight is 289 g/mol. The van der Waals surface area contributed by atoms with E-state index in [1.54, 1.807) is 0 Å². The van der Waals surface area contributed by atoms with Gasteiger partial charge in [-0.2, -0.15) is 0 Å². The fourth-order valence-electron chi connectivity index (χ4n) is 1.21. The van der Waals surface area contributed by atoms with Crippen LogP contribution in [0.2, 0.25) is 0 Å². The van der Waals surface area contributed by atoms with Gasteiger partial charge in [0.05, 0.1) is 10.6 Å². The highest BCUT2D eigenvalue weighted by atomic mass is 32.2. The molecule has 0 heterocycles. The maximum absolute atomic E-state index is 11.3. The Bertz CT molecular complexity index is 543. The first-order valence-corrected chi connectivity index (χ1v) is 7.69. The molecule has 0 unspecified atom stereocenters. The van der Waals surface area contributed by atoms with Crippen molar-refractivity contribution in [3.8, 4) is 0 Å². The van der Waals surface area contributed by atoms with Crippen LogP contribution in [-0.4, -0.2) is 26.6 Å². The molecule has 0 aromatic heterocycles. The molecule has 1 amide bonds. The van der Waals surface area contributed by atoms with Gasteiger partial charge in [0.2, 0.25) is 15.9 Å². The van der Waals surface area contributed by atoms with E-state index in [1.807, 2.05) is 6.92 Å². The summed E-state index contributed by atoms with van der Waals surface area (Å²) < 4.78 is 22.4. The van der Waals surface area contributed by atoms with Crippen LogP contribution in [0.25, 0.3) is 0 Å². The number of nitrogens with two attached hydrogens (primary N) is 2. The molecule has 0 aliphatic heterocycles. The molecule has 100 valence electrons. The van der Waals surface area contributed by atoms with Crippen LogP contribution in [0, 0.1) is 0 Å². The summed E-state index contributed by atoms with van der Waals surface area (Å²) in [6.45, 7) is 2.37. The smallest absolute Gasteiger partial charge is 0.238 e. The number of thioether (sulfide) groups is 1. The molecule has 6 nitrogen and oxygen atoms in total. The molecule has 0 radical (unpaired) electrons. The molecule has 8 heteroatoms. The minimum absolute atomic E-state index is 0.0184. The zero-order chi connectivity index (χ0) is 13.8. The molecule has 1 aromatic rings. The van der Waals surface area contributed by atoms with Crippen LogP contribution in [0.3, 0.4) is 0 Å². The van der Waals surface area contributed by atoms with Crippen molar-refractivity contribution in [1.82, 2.24) is 5.32 Å². The van der Waals surface area contributed by atoms with E-state index in [1.165, 1.54) is 30.0 Å². The molecular formula is C10H15N3O3S2. The number of amides is 1. The first-order valence-electron chi connectivity index (χ1n) is 5.16. The van der Waals surface area contributed by atoms with E-state index in [0.717, 1.165) is 0 Å². The summed E-state index contributed by atoms with van der Waals surface area (Å²) in [7, 11) is -3.76. The fourth-order valence-corrected chi connectivity index (χ4v) is 2.66. The lowest BCUT2D eigenvalue weighted by Crippen LogP contribution is -2.24. The second-order valence-corrected chi connectivity index (χ2v) is 6.07. The molecule has 0 spiro atoms. The third-order valence-corrected chi connectivity index (χ3v) is 4.03. The second-order valence-electron chi connectivity index (χ2n) is 3.49. The van der Waals surface area contributed by atoms with Gasteiger partial charge in [-0.1, -0.05) is 0 Å². The van der Waals surface area contributed by atoms with Crippen molar-refractivity contribution in [2.45, 2.75) is 16.7 Å². The average Bonchev–Trinajstić information content (AvgIpc) is 2.26. The molecule has 18 heavy (non-hydrogen) atoms. The zero-order valence-electron chi connectivity index (χ0n) is 9.84. The van der Waals surface area contributed by atoms with Gasteiger partial charge in [0.15, 0.2) is 0 Å². The second kappa shape index (κ2) is 6.07. The third-order valence-electron chi connectivity index (χ3n) is 2.05. The van der Waals surface area contributed by atoms with E-state index in [2.05, 4.69) is 5.32 Å². The number of benzene rings is 1. The van der Waals surface area contributed by atoms with Crippen LogP contribution in [-0.2, 0) is 14.8 Å². The highest BCUT2D eigenvalue weighted by Gasteiger charge is 2.11. The Morgan fingerprint density at radius 2 is 2.11 bits per heavy atom. The molecule has 0 aliphatic rings. The Labute approximate surface area is 110 Å². The fraction of sp³-hybridized carbons (Fsp3) is 0.300. The molecule has 0 fully saturated rings. The van der Waals surface area contributed by atoms with Crippen molar-refractivity contribution < 1.29 is 13.2 Å². The van der Waals surface area contributed by atoms with Crippen LogP contribution in [0.1, 0.15) is 6.92 Å². The third kappa shape index (κ3) is 4.21. The van der Waals surface area contributed by atoms with E-state index in [0.29, 0.717) is 17.1 Å². The molecule has 0 saturated carbocycles. The Hall–Kier alpha value is -1.25. The number of nitrogens with one attached hydrogen (secondary N) is 1. The summed E-state index contributed by atoms with van der Waals surface area (Å²) in [5.74, 6) is 0.0365. The largest absolute Gasteiger partial charge is 0.398 e. The lowest BCUT2D eigenvalue weighted by atomic mass is 10.3. The minimum atomic E-state index is -3.76. The van der Waals surface area contributed by atoms with E-state index in [9.17, 15) is 13.2 Å². The Morgan fingerprint density at radius 3 is 2.67 bits per heavy atom. The number of anilines is 1. The van der Waals surface area contributed by atoms with Crippen molar-refractivity contribution in [3.05, 3.63) is 18.2 Å². The summed E-state index contributed by atoms with van der Waals surface area (Å²) in [6, 6.07) is 4.16. The number of nitrogen functional groups attached to an aromatic ring is 1. The van der Waals surface area contributed by atoms with Crippen molar-refractivity contribution in [2.24, 2.45) is 5.14 Å². The van der Waals surface area contributed by atoms with Crippen molar-refractivity contribution in [3.63, 3.8) is 0 Å². The van der Waals surface area contributed by atoms with E-state index >= 15 is 0 Å². The van der Waals surface area contributed by atoms with Gasteiger partial charge in [-0.25, -0.2) is 13.6 Å². The van der Waals surface area contributed by atoms with Gasteiger partial charge >= 0.3 is 0 Å². The van der Waals surface area contributed by atoms with Crippen molar-refractivity contribution in [2.75, 3.05) is 18.0 Å². The first-order chi connectivity index (χ1) is 8.34. The first kappa shape index (κ1) is 14.8. The Balaban J connectivity index is 2.86. The van der Waals surface area contributed by atoms with Gasteiger partial charge in [0.1, 0.15) is 0 Å². The molecule has 1 aromatic carbocycles. The quantitative estimate of drug-likeness (QED) is 0.527. The summed E-state index contributed by atoms with van der Waals surface area (Å²) in [5, 5.41) is 7.66. The number of primary sulfonamides is 1. The molecule has 0 aliphatic carbocycles. The summed E-state index contributed by atoms with van der Waals surface area (Å²) in [5.41, 5.74) is 6.12. The molecule has 1 rings (SSSR count). The molecule has 0 bridgehead atoms. The summed E-state index contributed by atoms with van der Waals surface area (Å²) >= 11 is 1.17. The minimum Gasteiger partial charge on any atom is -0.398 e. The number of rotatable bonds is 5. The Kier molecular flexibility index (Phi) is 5.00. The highest BCUT2D eigenvalue weighted by Crippen LogP contribution is 2.27. The van der Waals surface area contributed by atoms with E-state index < -0.39 is 10.0 Å². The number of carbonyl (C=O) groups is 1. The van der Waals surface area contributed by atoms with Gasteiger partial charge in [0, 0.05) is 17.1 Å². The van der Waals surface area contributed by atoms with Gasteiger partial charge in [-0.15, -0.1) is 11.8 Å². The standard InChI is InChI=1S/C10H15N3O3S2/c1-2-13-10(14)6-17-9-5-7(18(12,15)16)3-4-8(9)11/h3-5H,2,6,11H2,1H3,(H,13,14)(H2,12,15,16). The maximum atomic E-state index is 11.3. The molecule has 0 atom stereocenters. The predicted octanol–water partition coefficient (Wildman–Crippen LogP) is 0.144. The van der Waals surface area contributed by atoms with E-state index in [-0.39, 0.29) is 16.6 Å². The summed E-state index contributed by atoms with van der Waals surface area (Å²) in [4.78, 5) is 11.8. The monoisotopic (exact) mass is 289 g/mol. The van der Waals surface area contributed by atoms with Crippen molar-refractivity contribution in [1.29, 1.82) is 0 Å². The van der Waals surface area contributed by atoms with Crippen LogP contribution < -0.4 is 16.2 Å². The maximum Gasteiger partial charge on any atom is 0.238 e. The van der Waals surface area contributed by atoms with Crippen LogP contribution >= 0.6 is 11.8 Å². The van der Waals surface area contributed by atoms with E-state index in [4.69, 9.17) is 10.9 Å². The summed E-state index contributed by atoms with van der Waals surface area (Å²) in [6.07, 6.45) is 0. The molecule has 5 N–H and O–H groups in total. The van der Waals surface area contributed by atoms with Gasteiger partial charge in [-0.3, -0.25) is 4.79 Å². The van der Waals surface area contributed by atoms with Gasteiger partial charge in [-0.05, 0) is 25.1 Å². The zero-order valence-corrected chi connectivity index (χ0v) is 11.5. The lowest BCUT2D eigenvalue weighted by Gasteiger charge is -2.07. The SMILES string of the molecule is CCNC(=O)CSc1cc(S(N)(=O)=O)ccc1N. The number of carbonyl (C=O) groups excluding carboxylic acids is 1. The number of sulfonamides is 1. The van der Waals surface area contributed by atoms with Gasteiger partial charge < -0.3 is 11.1 Å². The Morgan fingerprint density at radius 1 is 1.44 bits per heavy atom. The highest BCUT2D eigenvalue weighted by molar-refractivity contribution is 8.00. The van der Waals surface area contributed by atoms with Crippen molar-refractivity contribution >= 4 is 33.4 Å². The van der Waals surface area contributed by atoms with Crippen LogP contribution in [0.4, 0.5) is 5.69 Å².